The van der Waals surface area contributed by atoms with Gasteiger partial charge < -0.3 is 10.5 Å². The lowest BCUT2D eigenvalue weighted by atomic mass is 10.2. The molecule has 1 amide bonds. The summed E-state index contributed by atoms with van der Waals surface area (Å²) in [5, 5.41) is 3.96. The van der Waals surface area contributed by atoms with Gasteiger partial charge in [-0.25, -0.2) is 15.4 Å². The molecule has 0 bridgehead atoms. The van der Waals surface area contributed by atoms with Gasteiger partial charge in [0.1, 0.15) is 5.15 Å². The van der Waals surface area contributed by atoms with E-state index in [1.165, 1.54) is 19.2 Å². The first-order valence-electron chi connectivity index (χ1n) is 5.92. The van der Waals surface area contributed by atoms with Crippen LogP contribution < -0.4 is 20.9 Å². The molecule has 0 radical (unpaired) electrons. The number of aromatic nitrogens is 2. The Hall–Kier alpha value is -2.67. The molecule has 0 aliphatic rings. The monoisotopic (exact) mass is 306 g/mol. The number of H-pyrrole nitrogens is 1. The number of halogens is 1. The summed E-state index contributed by atoms with van der Waals surface area (Å²) in [5.41, 5.74) is 8.94. The molecule has 0 fully saturated rings. The van der Waals surface area contributed by atoms with Crippen LogP contribution in [-0.4, -0.2) is 23.8 Å². The number of amides is 1. The Bertz CT molecular complexity index is 676. The number of ether oxygens (including phenoxy) is 1. The van der Waals surface area contributed by atoms with E-state index < -0.39 is 5.91 Å². The van der Waals surface area contributed by atoms with E-state index in [2.05, 4.69) is 20.5 Å². The zero-order valence-electron chi connectivity index (χ0n) is 11.1. The van der Waals surface area contributed by atoms with Crippen LogP contribution in [0.1, 0.15) is 16.1 Å². The summed E-state index contributed by atoms with van der Waals surface area (Å²) >= 11 is 5.79. The molecule has 0 atom stereocenters. The second kappa shape index (κ2) is 6.67. The van der Waals surface area contributed by atoms with Crippen molar-refractivity contribution in [2.24, 2.45) is 10.8 Å². The van der Waals surface area contributed by atoms with E-state index in [4.69, 9.17) is 22.1 Å². The lowest BCUT2D eigenvalue weighted by Gasteiger charge is -2.04. The van der Waals surface area contributed by atoms with Crippen molar-refractivity contribution in [2.45, 2.75) is 0 Å². The van der Waals surface area contributed by atoms with Crippen LogP contribution in [0, 0.1) is 0 Å². The summed E-state index contributed by atoms with van der Waals surface area (Å²) in [7, 11) is 1.43. The molecule has 4 N–H and O–H groups in total. The number of nitrogens with zero attached hydrogens (tertiary/aromatic N) is 2. The molecule has 0 unspecified atom stereocenters. The number of pyridine rings is 2. The molecular formula is C13H13ClN5O2+. The highest BCUT2D eigenvalue weighted by Gasteiger charge is 2.11. The fourth-order valence-corrected chi connectivity index (χ4v) is 1.70. The van der Waals surface area contributed by atoms with Crippen LogP contribution >= 0.6 is 11.6 Å². The molecule has 0 aliphatic carbocycles. The normalized spacial score (nSPS) is 11.0. The number of methoxy groups -OCH3 is 1. The smallest absolute Gasteiger partial charge is 0.271 e. The van der Waals surface area contributed by atoms with Crippen molar-refractivity contribution < 1.29 is 14.5 Å². The minimum atomic E-state index is -0.475. The van der Waals surface area contributed by atoms with Crippen LogP contribution in [0.3, 0.4) is 0 Å². The number of nitrogens with two attached hydrogens (primary N) is 1. The highest BCUT2D eigenvalue weighted by Crippen LogP contribution is 2.15. The Kier molecular flexibility index (Phi) is 4.68. The molecule has 0 saturated heterocycles. The Balaban J connectivity index is 2.13. The maximum Gasteiger partial charge on any atom is 0.271 e. The molecule has 2 aromatic heterocycles. The van der Waals surface area contributed by atoms with Crippen LogP contribution in [0.4, 0.5) is 0 Å². The maximum absolute atomic E-state index is 12.0. The number of rotatable bonds is 4. The zero-order valence-corrected chi connectivity index (χ0v) is 11.9. The van der Waals surface area contributed by atoms with Gasteiger partial charge in [0.25, 0.3) is 5.91 Å². The zero-order chi connectivity index (χ0) is 15.2. The molecule has 0 saturated carbocycles. The fourth-order valence-electron chi connectivity index (χ4n) is 1.50. The molecule has 2 rings (SSSR count). The van der Waals surface area contributed by atoms with Crippen molar-refractivity contribution in [1.82, 2.24) is 10.4 Å². The lowest BCUT2D eigenvalue weighted by Crippen LogP contribution is -2.28. The van der Waals surface area contributed by atoms with E-state index in [1.807, 2.05) is 0 Å². The number of hydrogen-bond donors (Lipinski definition) is 2. The second-order valence-electron chi connectivity index (χ2n) is 3.94. The van der Waals surface area contributed by atoms with Crippen LogP contribution in [0.25, 0.3) is 0 Å². The van der Waals surface area contributed by atoms with E-state index in [0.717, 1.165) is 0 Å². The molecule has 2 aromatic rings. The van der Waals surface area contributed by atoms with Crippen molar-refractivity contribution in [2.75, 3.05) is 7.11 Å². The average Bonchev–Trinajstić information content (AvgIpc) is 2.52. The molecule has 0 aliphatic heterocycles. The van der Waals surface area contributed by atoms with E-state index in [9.17, 15) is 4.79 Å². The van der Waals surface area contributed by atoms with Gasteiger partial charge in [-0.3, -0.25) is 4.79 Å². The average molecular weight is 307 g/mol. The predicted molar refractivity (Wildman–Crippen MR) is 77.0 cm³/mol. The minimum absolute atomic E-state index is 0.146. The van der Waals surface area contributed by atoms with Crippen LogP contribution in [0.2, 0.25) is 5.15 Å². The first kappa shape index (κ1) is 14.7. The Morgan fingerprint density at radius 2 is 2.29 bits per heavy atom. The van der Waals surface area contributed by atoms with Gasteiger partial charge >= 0.3 is 0 Å². The topological polar surface area (TPSA) is 104 Å². The highest BCUT2D eigenvalue weighted by molar-refractivity contribution is 6.29. The minimum Gasteiger partial charge on any atom is -0.481 e. The molecule has 108 valence electrons. The molecule has 21 heavy (non-hydrogen) atoms. The van der Waals surface area contributed by atoms with Crippen molar-refractivity contribution in [3.05, 3.63) is 52.9 Å². The summed E-state index contributed by atoms with van der Waals surface area (Å²) in [5.74, 6) is -0.0893. The number of hydrogen-bond acceptors (Lipinski definition) is 4. The Labute approximate surface area is 125 Å². The summed E-state index contributed by atoms with van der Waals surface area (Å²) < 4.78 is 4.94. The van der Waals surface area contributed by atoms with E-state index in [-0.39, 0.29) is 22.4 Å². The largest absolute Gasteiger partial charge is 0.481 e. The van der Waals surface area contributed by atoms with Crippen molar-refractivity contribution in [3.63, 3.8) is 0 Å². The van der Waals surface area contributed by atoms with Crippen LogP contribution in [0.15, 0.2) is 41.6 Å². The highest BCUT2D eigenvalue weighted by atomic mass is 35.5. The van der Waals surface area contributed by atoms with Gasteiger partial charge in [0, 0.05) is 23.8 Å². The molecule has 8 heteroatoms. The first-order valence-corrected chi connectivity index (χ1v) is 6.30. The van der Waals surface area contributed by atoms with Crippen molar-refractivity contribution in [3.8, 4) is 5.88 Å². The number of aromatic amines is 1. The SMILES string of the molecule is COc1cc(C(=O)NN=C(N)c2cccc[nH+]2)cc(Cl)n1. The summed E-state index contributed by atoms with van der Waals surface area (Å²) in [6, 6.07) is 8.18. The molecular weight excluding hydrogens is 294 g/mol. The van der Waals surface area contributed by atoms with Crippen molar-refractivity contribution in [1.29, 1.82) is 0 Å². The molecule has 2 heterocycles. The first-order chi connectivity index (χ1) is 10.1. The molecule has 0 aromatic carbocycles. The molecule has 0 spiro atoms. The number of amidine groups is 1. The summed E-state index contributed by atoms with van der Waals surface area (Å²) in [6.45, 7) is 0. The van der Waals surface area contributed by atoms with Gasteiger partial charge in [0.15, 0.2) is 6.20 Å². The van der Waals surface area contributed by atoms with Gasteiger partial charge in [-0.15, -0.1) is 5.10 Å². The third-order valence-electron chi connectivity index (χ3n) is 2.50. The van der Waals surface area contributed by atoms with Crippen LogP contribution in [-0.2, 0) is 0 Å². The summed E-state index contributed by atoms with van der Waals surface area (Å²) in [6.07, 6.45) is 1.70. The van der Waals surface area contributed by atoms with Crippen molar-refractivity contribution >= 4 is 23.3 Å². The Morgan fingerprint density at radius 1 is 1.48 bits per heavy atom. The number of hydrazone groups is 1. The maximum atomic E-state index is 12.0. The number of nitrogens with one attached hydrogen (secondary N) is 2. The van der Waals surface area contributed by atoms with Gasteiger partial charge in [-0.2, -0.15) is 0 Å². The van der Waals surface area contributed by atoms with E-state index >= 15 is 0 Å². The predicted octanol–water partition coefficient (Wildman–Crippen LogP) is 0.608. The van der Waals surface area contributed by atoms with E-state index in [0.29, 0.717) is 5.69 Å². The van der Waals surface area contributed by atoms with Crippen LogP contribution in [0.5, 0.6) is 5.88 Å². The fraction of sp³-hybridized carbons (Fsp3) is 0.0769. The van der Waals surface area contributed by atoms with Gasteiger partial charge in [-0.1, -0.05) is 11.6 Å². The summed E-state index contributed by atoms with van der Waals surface area (Å²) in [4.78, 5) is 18.8. The second-order valence-corrected chi connectivity index (χ2v) is 4.32. The van der Waals surface area contributed by atoms with Gasteiger partial charge in [0.05, 0.1) is 7.11 Å². The van der Waals surface area contributed by atoms with Gasteiger partial charge in [-0.05, 0) is 12.1 Å². The third-order valence-corrected chi connectivity index (χ3v) is 2.70. The number of carbonyl (C=O) groups excluding carboxylic acids is 1. The Morgan fingerprint density at radius 3 is 2.95 bits per heavy atom. The quantitative estimate of drug-likeness (QED) is 0.374. The lowest BCUT2D eigenvalue weighted by molar-refractivity contribution is -0.380. The van der Waals surface area contributed by atoms with E-state index in [1.54, 1.807) is 24.4 Å². The third kappa shape index (κ3) is 3.90. The van der Waals surface area contributed by atoms with Gasteiger partial charge in [0.2, 0.25) is 17.4 Å². The number of carbonyl (C=O) groups is 1. The standard InChI is InChI=1S/C13H12ClN5O2/c1-21-11-7-8(6-10(14)17-11)13(20)19-18-12(15)9-4-2-3-5-16-9/h2-7H,1H3,(H2,15,18)(H,19,20)/p+1. The molecule has 7 nitrogen and oxygen atoms in total.